The lowest BCUT2D eigenvalue weighted by molar-refractivity contribution is -0.153. The maximum atomic E-state index is 14.1. The minimum atomic E-state index is -0.845. The maximum Gasteiger partial charge on any atom is 0.311 e. The van der Waals surface area contributed by atoms with E-state index in [-0.39, 0.29) is 35.6 Å². The highest BCUT2D eigenvalue weighted by Crippen LogP contribution is 2.61. The Morgan fingerprint density at radius 3 is 2.73 bits per heavy atom. The first-order valence-electron chi connectivity index (χ1n) is 12.3. The number of carbonyl (C=O) groups is 3. The van der Waals surface area contributed by atoms with Gasteiger partial charge in [-0.05, 0) is 25.2 Å². The number of hydrogen-bond donors (Lipinski definition) is 1. The number of rotatable bonds is 7. The molecule has 8 heteroatoms. The van der Waals surface area contributed by atoms with Crippen molar-refractivity contribution in [1.82, 2.24) is 9.80 Å². The number of aliphatic hydroxyl groups is 1. The average molecular weight is 477 g/mol. The van der Waals surface area contributed by atoms with Gasteiger partial charge in [0.1, 0.15) is 6.04 Å². The Balaban J connectivity index is 1.82. The van der Waals surface area contributed by atoms with Gasteiger partial charge in [-0.15, -0.1) is 11.8 Å². The number of amides is 2. The molecule has 0 saturated carbocycles. The summed E-state index contributed by atoms with van der Waals surface area (Å²) in [5, 5.41) is 10.1. The molecule has 4 heterocycles. The van der Waals surface area contributed by atoms with E-state index in [4.69, 9.17) is 4.74 Å². The molecule has 1 spiro atoms. The van der Waals surface area contributed by atoms with Crippen LogP contribution in [0.4, 0.5) is 0 Å². The van der Waals surface area contributed by atoms with E-state index in [2.05, 4.69) is 6.92 Å². The molecule has 1 N–H and O–H groups in total. The van der Waals surface area contributed by atoms with Crippen molar-refractivity contribution < 1.29 is 24.2 Å². The number of carbonyl (C=O) groups excluding carboxylic acids is 3. The summed E-state index contributed by atoms with van der Waals surface area (Å²) in [4.78, 5) is 44.7. The van der Waals surface area contributed by atoms with E-state index in [1.54, 1.807) is 16.7 Å². The molecule has 7 nitrogen and oxygen atoms in total. The van der Waals surface area contributed by atoms with Gasteiger partial charge in [-0.2, -0.15) is 0 Å². The van der Waals surface area contributed by atoms with E-state index in [9.17, 15) is 19.5 Å². The molecular formula is C25H36N2O5S. The third-order valence-corrected chi connectivity index (χ3v) is 9.02. The Kier molecular flexibility index (Phi) is 7.24. The van der Waals surface area contributed by atoms with Gasteiger partial charge in [-0.25, -0.2) is 0 Å². The monoisotopic (exact) mass is 476 g/mol. The second-order valence-corrected chi connectivity index (χ2v) is 11.5. The summed E-state index contributed by atoms with van der Waals surface area (Å²) in [5.74, 6) is -1.71. The van der Waals surface area contributed by atoms with E-state index in [1.807, 2.05) is 43.1 Å². The number of likely N-dealkylation sites (tertiary alicyclic amines) is 1. The molecule has 1 unspecified atom stereocenters. The van der Waals surface area contributed by atoms with Crippen LogP contribution in [0.3, 0.4) is 0 Å². The van der Waals surface area contributed by atoms with E-state index >= 15 is 0 Å². The number of hydrogen-bond acceptors (Lipinski definition) is 6. The van der Waals surface area contributed by atoms with Crippen LogP contribution in [0.1, 0.15) is 46.5 Å². The lowest BCUT2D eigenvalue weighted by Gasteiger charge is -2.39. The molecule has 2 fully saturated rings. The highest BCUT2D eigenvalue weighted by Gasteiger charge is 2.71. The summed E-state index contributed by atoms with van der Waals surface area (Å²) in [6.07, 6.45) is 11.1. The van der Waals surface area contributed by atoms with Crippen LogP contribution in [0.25, 0.3) is 0 Å². The smallest absolute Gasteiger partial charge is 0.311 e. The Morgan fingerprint density at radius 1 is 1.24 bits per heavy atom. The van der Waals surface area contributed by atoms with E-state index < -0.39 is 28.7 Å². The van der Waals surface area contributed by atoms with Gasteiger partial charge in [0.2, 0.25) is 11.8 Å². The average Bonchev–Trinajstić information content (AvgIpc) is 3.15. The maximum absolute atomic E-state index is 14.1. The molecule has 4 aliphatic rings. The highest BCUT2D eigenvalue weighted by atomic mass is 32.2. The first-order chi connectivity index (χ1) is 15.9. The van der Waals surface area contributed by atoms with Gasteiger partial charge >= 0.3 is 5.97 Å². The van der Waals surface area contributed by atoms with Crippen LogP contribution in [0.15, 0.2) is 24.3 Å². The molecule has 4 rings (SSSR count). The van der Waals surface area contributed by atoms with Crippen LogP contribution in [-0.4, -0.2) is 81.1 Å². The summed E-state index contributed by atoms with van der Waals surface area (Å²) in [6.45, 7) is 7.40. The van der Waals surface area contributed by atoms with Crippen molar-refractivity contribution >= 4 is 29.5 Å². The van der Waals surface area contributed by atoms with Crippen LogP contribution in [0, 0.1) is 17.8 Å². The summed E-state index contributed by atoms with van der Waals surface area (Å²) in [5.41, 5.74) is 0. The molecule has 0 aromatic heterocycles. The number of fused-ring (bicyclic) bond motifs is 2. The van der Waals surface area contributed by atoms with Crippen molar-refractivity contribution in [2.45, 2.75) is 68.5 Å². The van der Waals surface area contributed by atoms with Gasteiger partial charge < -0.3 is 19.6 Å². The van der Waals surface area contributed by atoms with Crippen LogP contribution in [-0.2, 0) is 19.1 Å². The summed E-state index contributed by atoms with van der Waals surface area (Å²) in [6, 6.07) is -1.20. The Morgan fingerprint density at radius 2 is 2.03 bits per heavy atom. The van der Waals surface area contributed by atoms with Crippen molar-refractivity contribution in [1.29, 1.82) is 0 Å². The van der Waals surface area contributed by atoms with Gasteiger partial charge in [-0.3, -0.25) is 14.4 Å². The second-order valence-electron chi connectivity index (χ2n) is 9.98. The molecule has 0 bridgehead atoms. The number of ether oxygens (including phenoxy) is 1. The number of nitrogens with zero attached hydrogens (tertiary/aromatic N) is 2. The number of aliphatic hydroxyl groups excluding tert-OH is 1. The van der Waals surface area contributed by atoms with Crippen molar-refractivity contribution in [3.05, 3.63) is 24.3 Å². The second kappa shape index (κ2) is 9.82. The molecule has 2 amide bonds. The lowest BCUT2D eigenvalue weighted by Crippen LogP contribution is -2.56. The van der Waals surface area contributed by atoms with Gasteiger partial charge in [0.05, 0.1) is 35.8 Å². The predicted molar refractivity (Wildman–Crippen MR) is 127 cm³/mol. The highest BCUT2D eigenvalue weighted by molar-refractivity contribution is 8.02. The van der Waals surface area contributed by atoms with Crippen LogP contribution in [0.5, 0.6) is 0 Å². The molecule has 2 saturated heterocycles. The largest absolute Gasteiger partial charge is 0.465 e. The fourth-order valence-electron chi connectivity index (χ4n) is 5.86. The molecule has 0 aliphatic carbocycles. The molecular weight excluding hydrogens is 440 g/mol. The van der Waals surface area contributed by atoms with Gasteiger partial charge in [-0.1, -0.05) is 51.5 Å². The fraction of sp³-hybridized carbons (Fsp3) is 0.720. The SMILES string of the molecule is CCCCN1CC=C[C@]23S[C@H]4C=CCCOC(=O)[C@H]4[C@H]2C(=O)N([C@@H](CO)CC(C)C)C3C1=O. The van der Waals surface area contributed by atoms with E-state index in [0.717, 1.165) is 12.8 Å². The van der Waals surface area contributed by atoms with E-state index in [1.165, 1.54) is 0 Å². The summed E-state index contributed by atoms with van der Waals surface area (Å²) < 4.78 is 4.66. The third kappa shape index (κ3) is 4.14. The minimum Gasteiger partial charge on any atom is -0.465 e. The number of esters is 1. The van der Waals surface area contributed by atoms with Gasteiger partial charge in [0.25, 0.3) is 0 Å². The zero-order valence-corrected chi connectivity index (χ0v) is 20.6. The molecule has 6 atom stereocenters. The summed E-state index contributed by atoms with van der Waals surface area (Å²) >= 11 is 1.55. The Hall–Kier alpha value is -1.80. The first-order valence-corrected chi connectivity index (χ1v) is 13.1. The zero-order valence-electron chi connectivity index (χ0n) is 19.8. The quantitative estimate of drug-likeness (QED) is 0.449. The zero-order chi connectivity index (χ0) is 23.8. The molecule has 182 valence electrons. The molecule has 33 heavy (non-hydrogen) atoms. The van der Waals surface area contributed by atoms with Crippen molar-refractivity contribution in [3.63, 3.8) is 0 Å². The topological polar surface area (TPSA) is 87.2 Å². The molecule has 0 radical (unpaired) electrons. The van der Waals surface area contributed by atoms with Crippen molar-refractivity contribution in [2.75, 3.05) is 26.3 Å². The predicted octanol–water partition coefficient (Wildman–Crippen LogP) is 2.39. The van der Waals surface area contributed by atoms with Crippen molar-refractivity contribution in [3.8, 4) is 0 Å². The number of thioether (sulfide) groups is 1. The van der Waals surface area contributed by atoms with Gasteiger partial charge in [0.15, 0.2) is 0 Å². The van der Waals surface area contributed by atoms with Crippen LogP contribution >= 0.6 is 11.8 Å². The van der Waals surface area contributed by atoms with E-state index in [0.29, 0.717) is 32.5 Å². The minimum absolute atomic E-state index is 0.0781. The summed E-state index contributed by atoms with van der Waals surface area (Å²) in [7, 11) is 0. The fourth-order valence-corrected chi connectivity index (χ4v) is 7.84. The van der Waals surface area contributed by atoms with Crippen molar-refractivity contribution in [2.24, 2.45) is 17.8 Å². The normalized spacial score (nSPS) is 34.5. The number of unbranched alkanes of at least 4 members (excludes halogenated alkanes) is 1. The van der Waals surface area contributed by atoms with Crippen LogP contribution in [0.2, 0.25) is 0 Å². The molecule has 4 aliphatic heterocycles. The Labute approximate surface area is 200 Å². The number of cyclic esters (lactones) is 1. The Bertz CT molecular complexity index is 843. The molecule has 0 aromatic carbocycles. The van der Waals surface area contributed by atoms with Gasteiger partial charge in [0, 0.05) is 18.3 Å². The van der Waals surface area contributed by atoms with Crippen LogP contribution < -0.4 is 0 Å². The standard InChI is InChI=1S/C25H36N2O5S/c1-4-5-11-26-12-8-10-25-20(19-18(33-25)9-6-7-13-32-24(19)31)22(29)27(21(25)23(26)30)17(15-28)14-16(2)3/h6,8-10,16-21,28H,4-5,7,11-15H2,1-3H3/t17-,18+,19-,20+,21?,25+/m1/s1. The molecule has 0 aromatic rings. The lowest BCUT2D eigenvalue weighted by atomic mass is 9.78. The first kappa shape index (κ1) is 24.3. The third-order valence-electron chi connectivity index (χ3n) is 7.27.